The zero-order valence-electron chi connectivity index (χ0n) is 6.58. The standard InChI is InChI=1S/C8H10Cl2N2/c9-7-3-11-8(10)12(5-7)4-6-1-2-6/h3,5-6,8H,1-2,4H2. The first-order valence-corrected chi connectivity index (χ1v) is 4.87. The van der Waals surface area contributed by atoms with Gasteiger partial charge in [-0.05, 0) is 18.8 Å². The quantitative estimate of drug-likeness (QED) is 0.499. The number of nitrogens with zero attached hydrogens (tertiary/aromatic N) is 2. The van der Waals surface area contributed by atoms with E-state index in [1.807, 2.05) is 11.1 Å². The summed E-state index contributed by atoms with van der Waals surface area (Å²) in [5.74, 6) is 0.806. The summed E-state index contributed by atoms with van der Waals surface area (Å²) in [6, 6.07) is 0. The van der Waals surface area contributed by atoms with Gasteiger partial charge in [-0.15, -0.1) is 0 Å². The van der Waals surface area contributed by atoms with Crippen molar-refractivity contribution in [1.82, 2.24) is 4.90 Å². The van der Waals surface area contributed by atoms with Gasteiger partial charge in [0.2, 0.25) is 0 Å². The van der Waals surface area contributed by atoms with Crippen LogP contribution in [0.2, 0.25) is 0 Å². The van der Waals surface area contributed by atoms with E-state index in [2.05, 4.69) is 4.99 Å². The molecule has 2 rings (SSSR count). The van der Waals surface area contributed by atoms with Crippen molar-refractivity contribution >= 4 is 29.4 Å². The molecule has 2 nitrogen and oxygen atoms in total. The lowest BCUT2D eigenvalue weighted by molar-refractivity contribution is 0.337. The smallest absolute Gasteiger partial charge is 0.197 e. The second-order valence-corrected chi connectivity index (χ2v) is 4.07. The van der Waals surface area contributed by atoms with Crippen molar-refractivity contribution in [3.8, 4) is 0 Å². The third kappa shape index (κ3) is 1.93. The van der Waals surface area contributed by atoms with Crippen LogP contribution >= 0.6 is 23.2 Å². The van der Waals surface area contributed by atoms with E-state index in [1.165, 1.54) is 12.8 Å². The first kappa shape index (κ1) is 8.39. The molecule has 1 heterocycles. The minimum Gasteiger partial charge on any atom is -0.342 e. The molecule has 1 saturated carbocycles. The van der Waals surface area contributed by atoms with Gasteiger partial charge in [0, 0.05) is 19.0 Å². The Bertz CT molecular complexity index is 233. The number of alkyl halides is 1. The van der Waals surface area contributed by atoms with Crippen LogP contribution < -0.4 is 0 Å². The molecular formula is C8H10Cl2N2. The van der Waals surface area contributed by atoms with Crippen molar-refractivity contribution in [1.29, 1.82) is 0 Å². The third-order valence-electron chi connectivity index (χ3n) is 2.05. The summed E-state index contributed by atoms with van der Waals surface area (Å²) >= 11 is 11.7. The Kier molecular flexibility index (Phi) is 2.28. The Morgan fingerprint density at radius 1 is 1.58 bits per heavy atom. The molecule has 0 saturated heterocycles. The molecule has 0 aromatic carbocycles. The molecule has 0 bridgehead atoms. The van der Waals surface area contributed by atoms with Crippen molar-refractivity contribution in [2.45, 2.75) is 18.5 Å². The second kappa shape index (κ2) is 3.27. The molecule has 1 aliphatic heterocycles. The molecule has 0 spiro atoms. The topological polar surface area (TPSA) is 15.6 Å². The summed E-state index contributed by atoms with van der Waals surface area (Å²) in [6.45, 7) is 0.988. The average Bonchev–Trinajstić information content (AvgIpc) is 2.81. The molecule has 12 heavy (non-hydrogen) atoms. The van der Waals surface area contributed by atoms with Gasteiger partial charge in [0.25, 0.3) is 0 Å². The van der Waals surface area contributed by atoms with Gasteiger partial charge < -0.3 is 4.90 Å². The summed E-state index contributed by atoms with van der Waals surface area (Å²) in [5, 5.41) is 0.660. The molecular weight excluding hydrogens is 195 g/mol. The van der Waals surface area contributed by atoms with E-state index in [9.17, 15) is 0 Å². The van der Waals surface area contributed by atoms with Gasteiger partial charge in [0.15, 0.2) is 5.62 Å². The fourth-order valence-corrected chi connectivity index (χ4v) is 1.58. The molecule has 0 radical (unpaired) electrons. The van der Waals surface area contributed by atoms with Crippen molar-refractivity contribution in [3.05, 3.63) is 11.2 Å². The summed E-state index contributed by atoms with van der Waals surface area (Å²) in [6.07, 6.45) is 6.09. The number of allylic oxidation sites excluding steroid dienone is 1. The molecule has 1 aliphatic carbocycles. The SMILES string of the molecule is ClC1=CN(CC2CC2)C(Cl)N=C1. The van der Waals surface area contributed by atoms with Crippen molar-refractivity contribution in [2.24, 2.45) is 10.9 Å². The Morgan fingerprint density at radius 2 is 2.33 bits per heavy atom. The zero-order valence-corrected chi connectivity index (χ0v) is 8.09. The normalized spacial score (nSPS) is 29.0. The molecule has 0 aromatic rings. The molecule has 1 atom stereocenters. The molecule has 1 fully saturated rings. The van der Waals surface area contributed by atoms with E-state index < -0.39 is 0 Å². The third-order valence-corrected chi connectivity index (χ3v) is 2.61. The average molecular weight is 205 g/mol. The number of rotatable bonds is 2. The Morgan fingerprint density at radius 3 is 3.00 bits per heavy atom. The van der Waals surface area contributed by atoms with Gasteiger partial charge in [0.05, 0.1) is 5.03 Å². The van der Waals surface area contributed by atoms with E-state index >= 15 is 0 Å². The monoisotopic (exact) mass is 204 g/mol. The van der Waals surface area contributed by atoms with Gasteiger partial charge in [-0.2, -0.15) is 0 Å². The minimum atomic E-state index is -0.256. The van der Waals surface area contributed by atoms with Crippen LogP contribution in [0.5, 0.6) is 0 Å². The first-order valence-electron chi connectivity index (χ1n) is 4.06. The van der Waals surface area contributed by atoms with Gasteiger partial charge >= 0.3 is 0 Å². The zero-order chi connectivity index (χ0) is 8.55. The van der Waals surface area contributed by atoms with Crippen LogP contribution in [0, 0.1) is 5.92 Å². The van der Waals surface area contributed by atoms with E-state index in [1.54, 1.807) is 6.21 Å². The summed E-state index contributed by atoms with van der Waals surface area (Å²) < 4.78 is 0. The van der Waals surface area contributed by atoms with Crippen LogP contribution in [0.15, 0.2) is 16.2 Å². The molecule has 0 amide bonds. The number of halogens is 2. The molecule has 66 valence electrons. The summed E-state index contributed by atoms with van der Waals surface area (Å²) in [7, 11) is 0. The minimum absolute atomic E-state index is 0.256. The maximum Gasteiger partial charge on any atom is 0.197 e. The second-order valence-electron chi connectivity index (χ2n) is 3.24. The van der Waals surface area contributed by atoms with Crippen molar-refractivity contribution < 1.29 is 0 Å². The largest absolute Gasteiger partial charge is 0.342 e. The highest BCUT2D eigenvalue weighted by Crippen LogP contribution is 2.31. The van der Waals surface area contributed by atoms with Crippen LogP contribution in [-0.2, 0) is 0 Å². The van der Waals surface area contributed by atoms with Gasteiger partial charge in [-0.1, -0.05) is 23.2 Å². The highest BCUT2D eigenvalue weighted by atomic mass is 35.5. The maximum atomic E-state index is 5.94. The molecule has 0 N–H and O–H groups in total. The lowest BCUT2D eigenvalue weighted by Crippen LogP contribution is -2.29. The fourth-order valence-electron chi connectivity index (χ4n) is 1.21. The van der Waals surface area contributed by atoms with Crippen molar-refractivity contribution in [3.63, 3.8) is 0 Å². The van der Waals surface area contributed by atoms with Gasteiger partial charge in [-0.3, -0.25) is 4.99 Å². The first-order chi connectivity index (χ1) is 5.75. The summed E-state index contributed by atoms with van der Waals surface area (Å²) in [4.78, 5) is 6.03. The lowest BCUT2D eigenvalue weighted by atomic mass is 10.4. The number of hydrogen-bond acceptors (Lipinski definition) is 2. The van der Waals surface area contributed by atoms with E-state index in [4.69, 9.17) is 23.2 Å². The highest BCUT2D eigenvalue weighted by Gasteiger charge is 2.26. The van der Waals surface area contributed by atoms with Gasteiger partial charge in [0.1, 0.15) is 0 Å². The predicted octanol–water partition coefficient (Wildman–Crippen LogP) is 2.39. The van der Waals surface area contributed by atoms with E-state index in [-0.39, 0.29) is 5.62 Å². The number of hydrogen-bond donors (Lipinski definition) is 0. The van der Waals surface area contributed by atoms with Crippen LogP contribution in [0.4, 0.5) is 0 Å². The Balaban J connectivity index is 1.98. The number of aliphatic imine (C=N–C) groups is 1. The Hall–Kier alpha value is -0.210. The molecule has 1 unspecified atom stereocenters. The van der Waals surface area contributed by atoms with Crippen LogP contribution in [0.1, 0.15) is 12.8 Å². The van der Waals surface area contributed by atoms with Crippen LogP contribution in [0.25, 0.3) is 0 Å². The van der Waals surface area contributed by atoms with Gasteiger partial charge in [-0.25, -0.2) is 0 Å². The molecule has 4 heteroatoms. The van der Waals surface area contributed by atoms with E-state index in [0.717, 1.165) is 12.5 Å². The summed E-state index contributed by atoms with van der Waals surface area (Å²) in [5.41, 5.74) is -0.256. The predicted molar refractivity (Wildman–Crippen MR) is 51.5 cm³/mol. The molecule has 2 aliphatic rings. The van der Waals surface area contributed by atoms with Crippen LogP contribution in [0.3, 0.4) is 0 Å². The molecule has 0 aromatic heterocycles. The van der Waals surface area contributed by atoms with Crippen molar-refractivity contribution in [2.75, 3.05) is 6.54 Å². The van der Waals surface area contributed by atoms with E-state index in [0.29, 0.717) is 5.03 Å². The van der Waals surface area contributed by atoms with Crippen LogP contribution in [-0.4, -0.2) is 23.3 Å². The maximum absolute atomic E-state index is 5.94. The highest BCUT2D eigenvalue weighted by molar-refractivity contribution is 6.39. The lowest BCUT2D eigenvalue weighted by Gasteiger charge is -2.25. The Labute approximate surface area is 81.9 Å². The fraction of sp³-hybridized carbons (Fsp3) is 0.625.